The first-order chi connectivity index (χ1) is 12.3. The number of anilines is 1. The van der Waals surface area contributed by atoms with Crippen molar-refractivity contribution in [3.8, 4) is 12.1 Å². The topological polar surface area (TPSA) is 59.6 Å². The average molecular weight is 323 g/mol. The van der Waals surface area contributed by atoms with Crippen molar-refractivity contribution < 1.29 is 0 Å². The molecule has 0 radical (unpaired) electrons. The van der Waals surface area contributed by atoms with E-state index in [0.29, 0.717) is 11.1 Å². The Kier molecular flexibility index (Phi) is 5.10. The lowest BCUT2D eigenvalue weighted by Crippen LogP contribution is -2.13. The van der Waals surface area contributed by atoms with Crippen LogP contribution in [0.25, 0.3) is 0 Å². The van der Waals surface area contributed by atoms with Crippen LogP contribution in [0.15, 0.2) is 78.9 Å². The first kappa shape index (κ1) is 16.3. The van der Waals surface area contributed by atoms with Crippen molar-refractivity contribution in [2.75, 3.05) is 5.32 Å². The molecule has 0 aliphatic carbocycles. The molecule has 3 rings (SSSR count). The lowest BCUT2D eigenvalue weighted by molar-refractivity contribution is 0.775. The standard InChI is InChI=1S/C22H17N3/c23-15-18-8-6-17(7-9-18)14-22(20-4-2-1-3-5-20)25-21-12-10-19(16-24)11-13-21/h1-13,22,25H,14H2. The highest BCUT2D eigenvalue weighted by Gasteiger charge is 2.12. The van der Waals surface area contributed by atoms with Crippen LogP contribution in [0.5, 0.6) is 0 Å². The van der Waals surface area contributed by atoms with Gasteiger partial charge in [-0.05, 0) is 53.9 Å². The number of hydrogen-bond acceptors (Lipinski definition) is 3. The number of benzene rings is 3. The smallest absolute Gasteiger partial charge is 0.0991 e. The Morgan fingerprint density at radius 1 is 0.720 bits per heavy atom. The second-order valence-electron chi connectivity index (χ2n) is 5.81. The van der Waals surface area contributed by atoms with Crippen LogP contribution >= 0.6 is 0 Å². The van der Waals surface area contributed by atoms with Gasteiger partial charge in [-0.2, -0.15) is 10.5 Å². The summed E-state index contributed by atoms with van der Waals surface area (Å²) in [6, 6.07) is 29.8. The number of rotatable bonds is 5. The van der Waals surface area contributed by atoms with E-state index in [1.165, 1.54) is 5.56 Å². The maximum absolute atomic E-state index is 8.94. The van der Waals surface area contributed by atoms with Crippen LogP contribution in [-0.4, -0.2) is 0 Å². The minimum atomic E-state index is 0.0991. The summed E-state index contributed by atoms with van der Waals surface area (Å²) in [5.74, 6) is 0. The van der Waals surface area contributed by atoms with Crippen LogP contribution in [-0.2, 0) is 6.42 Å². The maximum Gasteiger partial charge on any atom is 0.0991 e. The van der Waals surface area contributed by atoms with Crippen LogP contribution in [0.3, 0.4) is 0 Å². The first-order valence-corrected chi connectivity index (χ1v) is 8.09. The van der Waals surface area contributed by atoms with Crippen LogP contribution in [0.1, 0.15) is 28.3 Å². The highest BCUT2D eigenvalue weighted by Crippen LogP contribution is 2.24. The molecule has 0 amide bonds. The van der Waals surface area contributed by atoms with Gasteiger partial charge < -0.3 is 5.32 Å². The highest BCUT2D eigenvalue weighted by molar-refractivity contribution is 5.49. The molecule has 0 heterocycles. The predicted molar refractivity (Wildman–Crippen MR) is 98.8 cm³/mol. The lowest BCUT2D eigenvalue weighted by Gasteiger charge is -2.21. The van der Waals surface area contributed by atoms with Gasteiger partial charge in [0.25, 0.3) is 0 Å². The van der Waals surface area contributed by atoms with Crippen molar-refractivity contribution in [2.24, 2.45) is 0 Å². The molecule has 0 fully saturated rings. The molecule has 1 atom stereocenters. The zero-order valence-corrected chi connectivity index (χ0v) is 13.7. The molecular weight excluding hydrogens is 306 g/mol. The summed E-state index contributed by atoms with van der Waals surface area (Å²) in [7, 11) is 0. The molecule has 3 nitrogen and oxygen atoms in total. The van der Waals surface area contributed by atoms with Gasteiger partial charge >= 0.3 is 0 Å². The van der Waals surface area contributed by atoms with Crippen LogP contribution < -0.4 is 5.32 Å². The summed E-state index contributed by atoms with van der Waals surface area (Å²) in [4.78, 5) is 0. The van der Waals surface area contributed by atoms with E-state index in [4.69, 9.17) is 10.5 Å². The van der Waals surface area contributed by atoms with Gasteiger partial charge in [0.15, 0.2) is 0 Å². The van der Waals surface area contributed by atoms with Crippen molar-refractivity contribution in [1.82, 2.24) is 0 Å². The summed E-state index contributed by atoms with van der Waals surface area (Å²) < 4.78 is 0. The Morgan fingerprint density at radius 3 is 1.84 bits per heavy atom. The third kappa shape index (κ3) is 4.25. The van der Waals surface area contributed by atoms with E-state index in [1.54, 1.807) is 0 Å². The van der Waals surface area contributed by atoms with E-state index in [9.17, 15) is 0 Å². The van der Waals surface area contributed by atoms with Crippen LogP contribution in [0, 0.1) is 22.7 Å². The first-order valence-electron chi connectivity index (χ1n) is 8.09. The molecule has 0 aromatic heterocycles. The summed E-state index contributed by atoms with van der Waals surface area (Å²) in [5, 5.41) is 21.4. The predicted octanol–water partition coefficient (Wildman–Crippen LogP) is 4.83. The van der Waals surface area contributed by atoms with Gasteiger partial charge in [-0.15, -0.1) is 0 Å². The van der Waals surface area contributed by atoms with Gasteiger partial charge in [-0.1, -0.05) is 42.5 Å². The summed E-state index contributed by atoms with van der Waals surface area (Å²) in [6.45, 7) is 0. The Labute approximate surface area is 147 Å². The van der Waals surface area contributed by atoms with Crippen LogP contribution in [0.4, 0.5) is 5.69 Å². The fourth-order valence-corrected chi connectivity index (χ4v) is 2.73. The zero-order valence-electron chi connectivity index (χ0n) is 13.7. The fourth-order valence-electron chi connectivity index (χ4n) is 2.73. The fraction of sp³-hybridized carbons (Fsp3) is 0.0909. The van der Waals surface area contributed by atoms with E-state index >= 15 is 0 Å². The van der Waals surface area contributed by atoms with Crippen molar-refractivity contribution in [3.05, 3.63) is 101 Å². The van der Waals surface area contributed by atoms with Gasteiger partial charge in [0.2, 0.25) is 0 Å². The van der Waals surface area contributed by atoms with Gasteiger partial charge in [0, 0.05) is 5.69 Å². The number of nitrogens with zero attached hydrogens (tertiary/aromatic N) is 2. The minimum absolute atomic E-state index is 0.0991. The molecule has 0 bridgehead atoms. The average Bonchev–Trinajstić information content (AvgIpc) is 2.69. The van der Waals surface area contributed by atoms with E-state index in [2.05, 4.69) is 29.6 Å². The summed E-state index contributed by atoms with van der Waals surface area (Å²) in [6.07, 6.45) is 0.801. The molecule has 120 valence electrons. The molecule has 0 aliphatic rings. The van der Waals surface area contributed by atoms with E-state index in [1.807, 2.05) is 66.7 Å². The highest BCUT2D eigenvalue weighted by atomic mass is 14.9. The van der Waals surface area contributed by atoms with E-state index in [0.717, 1.165) is 17.7 Å². The molecule has 0 saturated heterocycles. The number of nitriles is 2. The molecule has 0 saturated carbocycles. The summed E-state index contributed by atoms with van der Waals surface area (Å²) in [5.41, 5.74) is 4.64. The molecular formula is C22H17N3. The third-order valence-corrected chi connectivity index (χ3v) is 4.08. The second-order valence-corrected chi connectivity index (χ2v) is 5.81. The monoisotopic (exact) mass is 323 g/mol. The maximum atomic E-state index is 8.94. The zero-order chi connectivity index (χ0) is 17.5. The molecule has 0 spiro atoms. The Hall–Kier alpha value is -3.56. The van der Waals surface area contributed by atoms with Crippen molar-refractivity contribution in [1.29, 1.82) is 10.5 Å². The number of hydrogen-bond donors (Lipinski definition) is 1. The molecule has 3 aromatic carbocycles. The van der Waals surface area contributed by atoms with Gasteiger partial charge in [0.05, 0.1) is 29.3 Å². The number of nitrogens with one attached hydrogen (secondary N) is 1. The minimum Gasteiger partial charge on any atom is -0.378 e. The van der Waals surface area contributed by atoms with Crippen molar-refractivity contribution in [3.63, 3.8) is 0 Å². The summed E-state index contributed by atoms with van der Waals surface area (Å²) >= 11 is 0. The van der Waals surface area contributed by atoms with Gasteiger partial charge in [0.1, 0.15) is 0 Å². The van der Waals surface area contributed by atoms with Gasteiger partial charge in [-0.25, -0.2) is 0 Å². The third-order valence-electron chi connectivity index (χ3n) is 4.08. The van der Waals surface area contributed by atoms with Gasteiger partial charge in [-0.3, -0.25) is 0 Å². The Morgan fingerprint density at radius 2 is 1.28 bits per heavy atom. The van der Waals surface area contributed by atoms with E-state index < -0.39 is 0 Å². The molecule has 1 N–H and O–H groups in total. The SMILES string of the molecule is N#Cc1ccc(CC(Nc2ccc(C#N)cc2)c2ccccc2)cc1. The van der Waals surface area contributed by atoms with E-state index in [-0.39, 0.29) is 6.04 Å². The molecule has 1 unspecified atom stereocenters. The van der Waals surface area contributed by atoms with Crippen LogP contribution in [0.2, 0.25) is 0 Å². The molecule has 3 aromatic rings. The van der Waals surface area contributed by atoms with Crippen molar-refractivity contribution >= 4 is 5.69 Å². The molecule has 0 aliphatic heterocycles. The second kappa shape index (κ2) is 7.81. The molecule has 3 heteroatoms. The Bertz CT molecular complexity index is 839. The Balaban J connectivity index is 1.84. The quantitative estimate of drug-likeness (QED) is 0.732. The van der Waals surface area contributed by atoms with Crippen molar-refractivity contribution in [2.45, 2.75) is 12.5 Å². The normalized spacial score (nSPS) is 11.1. The lowest BCUT2D eigenvalue weighted by atomic mass is 9.98. The largest absolute Gasteiger partial charge is 0.378 e. The molecule has 25 heavy (non-hydrogen) atoms.